The fourth-order valence-corrected chi connectivity index (χ4v) is 1.50. The first-order valence-corrected chi connectivity index (χ1v) is 4.98. The zero-order valence-electron chi connectivity index (χ0n) is 7.41. The van der Waals surface area contributed by atoms with Gasteiger partial charge in [-0.1, -0.05) is 13.8 Å². The summed E-state index contributed by atoms with van der Waals surface area (Å²) in [5, 5.41) is 0. The van der Waals surface area contributed by atoms with Gasteiger partial charge in [-0.3, -0.25) is 9.78 Å². The summed E-state index contributed by atoms with van der Waals surface area (Å²) >= 11 is 1.61. The van der Waals surface area contributed by atoms with Gasteiger partial charge in [-0.15, -0.1) is 11.3 Å². The predicted molar refractivity (Wildman–Crippen MR) is 50.3 cm³/mol. The molecule has 66 valence electrons. The molecular formula is C9H13NOS. The van der Waals surface area contributed by atoms with Gasteiger partial charge in [0, 0.05) is 23.4 Å². The summed E-state index contributed by atoms with van der Waals surface area (Å²) in [7, 11) is 0. The molecule has 0 aliphatic carbocycles. The van der Waals surface area contributed by atoms with Gasteiger partial charge in [0.25, 0.3) is 0 Å². The molecule has 1 aromatic rings. The van der Waals surface area contributed by atoms with Crippen molar-refractivity contribution < 1.29 is 4.79 Å². The number of carbonyl (C=O) groups excluding carboxylic acids is 1. The fourth-order valence-electron chi connectivity index (χ4n) is 0.901. The van der Waals surface area contributed by atoms with E-state index in [0.717, 1.165) is 6.42 Å². The van der Waals surface area contributed by atoms with Crippen LogP contribution in [0, 0.1) is 5.92 Å². The van der Waals surface area contributed by atoms with Crippen molar-refractivity contribution in [2.24, 2.45) is 5.92 Å². The summed E-state index contributed by atoms with van der Waals surface area (Å²) in [5.41, 5.74) is 1.80. The van der Waals surface area contributed by atoms with Crippen molar-refractivity contribution in [2.75, 3.05) is 0 Å². The molecule has 0 aliphatic rings. The van der Waals surface area contributed by atoms with E-state index < -0.39 is 0 Å². The number of ketones is 1. The molecule has 0 spiro atoms. The lowest BCUT2D eigenvalue weighted by Gasteiger charge is -2.01. The fraction of sp³-hybridized carbons (Fsp3) is 0.556. The summed E-state index contributed by atoms with van der Waals surface area (Å²) < 4.78 is 0. The van der Waals surface area contributed by atoms with Gasteiger partial charge in [0.2, 0.25) is 0 Å². The van der Waals surface area contributed by atoms with E-state index in [0.29, 0.717) is 12.2 Å². The molecule has 1 heterocycles. The minimum atomic E-state index is 0.165. The van der Waals surface area contributed by atoms with E-state index in [2.05, 4.69) is 4.98 Å². The molecule has 0 aromatic carbocycles. The number of Topliss-reactive ketones (excluding diaryl/α,β-unsaturated/α-hetero) is 1. The zero-order valence-corrected chi connectivity index (χ0v) is 8.23. The van der Waals surface area contributed by atoms with E-state index in [1.165, 1.54) is 4.88 Å². The SMILES string of the molecule is CC(C)C(=O)CCc1cncs1. The van der Waals surface area contributed by atoms with Gasteiger partial charge >= 0.3 is 0 Å². The second kappa shape index (κ2) is 4.36. The Kier molecular flexibility index (Phi) is 3.41. The highest BCUT2D eigenvalue weighted by molar-refractivity contribution is 7.09. The second-order valence-electron chi connectivity index (χ2n) is 3.09. The molecule has 0 N–H and O–H groups in total. The first-order chi connectivity index (χ1) is 5.70. The largest absolute Gasteiger partial charge is 0.299 e. The summed E-state index contributed by atoms with van der Waals surface area (Å²) in [4.78, 5) is 16.4. The van der Waals surface area contributed by atoms with E-state index in [-0.39, 0.29) is 5.92 Å². The lowest BCUT2D eigenvalue weighted by Crippen LogP contribution is -2.07. The molecule has 12 heavy (non-hydrogen) atoms. The first kappa shape index (κ1) is 9.39. The summed E-state index contributed by atoms with van der Waals surface area (Å²) in [6, 6.07) is 0. The summed E-state index contributed by atoms with van der Waals surface area (Å²) in [6.07, 6.45) is 3.33. The molecule has 0 fully saturated rings. The van der Waals surface area contributed by atoms with Crippen molar-refractivity contribution in [1.29, 1.82) is 0 Å². The van der Waals surface area contributed by atoms with Crippen molar-refractivity contribution in [1.82, 2.24) is 4.98 Å². The van der Waals surface area contributed by atoms with Crippen LogP contribution in [0.15, 0.2) is 11.7 Å². The van der Waals surface area contributed by atoms with E-state index in [9.17, 15) is 4.79 Å². The maximum atomic E-state index is 11.2. The number of rotatable bonds is 4. The van der Waals surface area contributed by atoms with Crippen molar-refractivity contribution in [3.8, 4) is 0 Å². The smallest absolute Gasteiger partial charge is 0.135 e. The molecule has 1 aromatic heterocycles. The third-order valence-electron chi connectivity index (χ3n) is 1.75. The van der Waals surface area contributed by atoms with Crippen LogP contribution < -0.4 is 0 Å². The van der Waals surface area contributed by atoms with Crippen LogP contribution in [-0.2, 0) is 11.2 Å². The van der Waals surface area contributed by atoms with Crippen molar-refractivity contribution in [2.45, 2.75) is 26.7 Å². The number of hydrogen-bond acceptors (Lipinski definition) is 3. The average molecular weight is 183 g/mol. The van der Waals surface area contributed by atoms with Crippen LogP contribution in [0.5, 0.6) is 0 Å². The van der Waals surface area contributed by atoms with Gasteiger partial charge < -0.3 is 0 Å². The molecule has 0 unspecified atom stereocenters. The van der Waals surface area contributed by atoms with Gasteiger partial charge in [0.05, 0.1) is 5.51 Å². The number of carbonyl (C=O) groups is 1. The van der Waals surface area contributed by atoms with E-state index in [1.54, 1.807) is 16.8 Å². The highest BCUT2D eigenvalue weighted by Crippen LogP contribution is 2.10. The van der Waals surface area contributed by atoms with Crippen LogP contribution in [0.25, 0.3) is 0 Å². The van der Waals surface area contributed by atoms with Crippen LogP contribution in [0.2, 0.25) is 0 Å². The topological polar surface area (TPSA) is 30.0 Å². The molecule has 0 atom stereocenters. The van der Waals surface area contributed by atoms with Gasteiger partial charge in [0.15, 0.2) is 0 Å². The number of aryl methyl sites for hydroxylation is 1. The Bertz CT molecular complexity index is 241. The van der Waals surface area contributed by atoms with Gasteiger partial charge in [-0.05, 0) is 6.42 Å². The Morgan fingerprint density at radius 3 is 2.92 bits per heavy atom. The van der Waals surface area contributed by atoms with Crippen LogP contribution in [-0.4, -0.2) is 10.8 Å². The molecule has 0 amide bonds. The predicted octanol–water partition coefficient (Wildman–Crippen LogP) is 2.30. The molecule has 2 nitrogen and oxygen atoms in total. The number of aromatic nitrogens is 1. The molecule has 0 saturated heterocycles. The quantitative estimate of drug-likeness (QED) is 0.717. The lowest BCUT2D eigenvalue weighted by atomic mass is 10.0. The Balaban J connectivity index is 2.32. The Morgan fingerprint density at radius 1 is 1.67 bits per heavy atom. The molecule has 0 saturated carbocycles. The number of nitrogens with zero attached hydrogens (tertiary/aromatic N) is 1. The van der Waals surface area contributed by atoms with Crippen LogP contribution >= 0.6 is 11.3 Å². The summed E-state index contributed by atoms with van der Waals surface area (Å²) in [5.74, 6) is 0.501. The van der Waals surface area contributed by atoms with Gasteiger partial charge in [-0.2, -0.15) is 0 Å². The first-order valence-electron chi connectivity index (χ1n) is 4.10. The minimum Gasteiger partial charge on any atom is -0.299 e. The zero-order chi connectivity index (χ0) is 8.97. The third kappa shape index (κ3) is 2.74. The number of hydrogen-bond donors (Lipinski definition) is 0. The van der Waals surface area contributed by atoms with Crippen molar-refractivity contribution in [3.05, 3.63) is 16.6 Å². The highest BCUT2D eigenvalue weighted by atomic mass is 32.1. The second-order valence-corrected chi connectivity index (χ2v) is 4.06. The molecule has 0 radical (unpaired) electrons. The Morgan fingerprint density at radius 2 is 2.42 bits per heavy atom. The van der Waals surface area contributed by atoms with E-state index in [1.807, 2.05) is 20.0 Å². The standard InChI is InChI=1S/C9H13NOS/c1-7(2)9(11)4-3-8-5-10-6-12-8/h5-7H,3-4H2,1-2H3. The average Bonchev–Trinajstić information content (AvgIpc) is 2.51. The Labute approximate surface area is 76.6 Å². The maximum absolute atomic E-state index is 11.2. The van der Waals surface area contributed by atoms with Crippen molar-refractivity contribution >= 4 is 17.1 Å². The monoisotopic (exact) mass is 183 g/mol. The van der Waals surface area contributed by atoms with Crippen LogP contribution in [0.4, 0.5) is 0 Å². The highest BCUT2D eigenvalue weighted by Gasteiger charge is 2.07. The minimum absolute atomic E-state index is 0.165. The normalized spacial score (nSPS) is 10.6. The van der Waals surface area contributed by atoms with Crippen LogP contribution in [0.1, 0.15) is 25.1 Å². The molecule has 3 heteroatoms. The number of thiazole rings is 1. The third-order valence-corrected chi connectivity index (χ3v) is 2.58. The molecule has 0 aliphatic heterocycles. The van der Waals surface area contributed by atoms with Gasteiger partial charge in [-0.25, -0.2) is 0 Å². The van der Waals surface area contributed by atoms with Crippen molar-refractivity contribution in [3.63, 3.8) is 0 Å². The lowest BCUT2D eigenvalue weighted by molar-refractivity contribution is -0.121. The maximum Gasteiger partial charge on any atom is 0.135 e. The summed E-state index contributed by atoms with van der Waals surface area (Å²) in [6.45, 7) is 3.88. The van der Waals surface area contributed by atoms with Gasteiger partial charge in [0.1, 0.15) is 5.78 Å². The van der Waals surface area contributed by atoms with Crippen LogP contribution in [0.3, 0.4) is 0 Å². The van der Waals surface area contributed by atoms with E-state index >= 15 is 0 Å². The Hall–Kier alpha value is -0.700. The molecular weight excluding hydrogens is 170 g/mol. The molecule has 1 rings (SSSR count). The molecule has 0 bridgehead atoms. The van der Waals surface area contributed by atoms with E-state index in [4.69, 9.17) is 0 Å².